The molecule has 1 heterocycles. The Hall–Kier alpha value is -3.61. The molecule has 2 aromatic carbocycles. The Morgan fingerprint density at radius 2 is 1.92 bits per heavy atom. The molecule has 132 valence electrons. The van der Waals surface area contributed by atoms with Gasteiger partial charge in [0.05, 0.1) is 6.20 Å². The van der Waals surface area contributed by atoms with Crippen molar-refractivity contribution in [2.24, 2.45) is 12.8 Å². The average Bonchev–Trinajstić information content (AvgIpc) is 3.07. The lowest BCUT2D eigenvalue weighted by Crippen LogP contribution is -2.20. The standard InChI is InChI=1S/C19H18N4O3/c1-23-11-15(10-21-23)13-5-7-16(8-6-13)22-19(25)14-3-2-4-17(9-14)26-12-18(20)24/h2-11H,12H2,1H3,(H2,20,24)(H,22,25). The molecule has 3 N–H and O–H groups in total. The molecule has 1 aromatic heterocycles. The number of hydrogen-bond acceptors (Lipinski definition) is 4. The first-order valence-electron chi connectivity index (χ1n) is 7.93. The van der Waals surface area contributed by atoms with Gasteiger partial charge in [-0.05, 0) is 35.9 Å². The van der Waals surface area contributed by atoms with Gasteiger partial charge in [0.1, 0.15) is 5.75 Å². The number of carbonyl (C=O) groups excluding carboxylic acids is 2. The second-order valence-corrected chi connectivity index (χ2v) is 5.72. The minimum Gasteiger partial charge on any atom is -0.484 e. The van der Waals surface area contributed by atoms with E-state index in [4.69, 9.17) is 10.5 Å². The lowest BCUT2D eigenvalue weighted by Gasteiger charge is -2.08. The van der Waals surface area contributed by atoms with Crippen molar-refractivity contribution in [1.82, 2.24) is 9.78 Å². The van der Waals surface area contributed by atoms with Gasteiger partial charge >= 0.3 is 0 Å². The van der Waals surface area contributed by atoms with E-state index in [0.717, 1.165) is 11.1 Å². The van der Waals surface area contributed by atoms with Gasteiger partial charge in [0, 0.05) is 30.1 Å². The van der Waals surface area contributed by atoms with Crippen LogP contribution in [0, 0.1) is 0 Å². The predicted molar refractivity (Wildman–Crippen MR) is 97.7 cm³/mol. The van der Waals surface area contributed by atoms with E-state index in [2.05, 4.69) is 10.4 Å². The van der Waals surface area contributed by atoms with Gasteiger partial charge in [0.25, 0.3) is 11.8 Å². The van der Waals surface area contributed by atoms with Crippen LogP contribution < -0.4 is 15.8 Å². The quantitative estimate of drug-likeness (QED) is 0.712. The number of primary amides is 1. The molecule has 0 aliphatic rings. The third-order valence-electron chi connectivity index (χ3n) is 3.66. The number of nitrogens with zero attached hydrogens (tertiary/aromatic N) is 2. The second-order valence-electron chi connectivity index (χ2n) is 5.72. The Bertz CT molecular complexity index is 932. The third kappa shape index (κ3) is 4.27. The van der Waals surface area contributed by atoms with E-state index >= 15 is 0 Å². The zero-order chi connectivity index (χ0) is 18.5. The molecule has 0 unspecified atom stereocenters. The molecule has 7 heteroatoms. The van der Waals surface area contributed by atoms with Gasteiger partial charge in [0.15, 0.2) is 6.61 Å². The molecule has 0 radical (unpaired) electrons. The molecule has 3 aromatic rings. The highest BCUT2D eigenvalue weighted by Crippen LogP contribution is 2.21. The predicted octanol–water partition coefficient (Wildman–Crippen LogP) is 2.20. The number of amides is 2. The summed E-state index contributed by atoms with van der Waals surface area (Å²) < 4.78 is 6.95. The molecule has 26 heavy (non-hydrogen) atoms. The summed E-state index contributed by atoms with van der Waals surface area (Å²) in [6.45, 7) is -0.235. The highest BCUT2D eigenvalue weighted by atomic mass is 16.5. The summed E-state index contributed by atoms with van der Waals surface area (Å²) in [5.41, 5.74) is 8.16. The van der Waals surface area contributed by atoms with Crippen LogP contribution in [0.2, 0.25) is 0 Å². The van der Waals surface area contributed by atoms with Crippen LogP contribution in [0.5, 0.6) is 5.75 Å². The molecule has 0 atom stereocenters. The number of ether oxygens (including phenoxy) is 1. The van der Waals surface area contributed by atoms with Crippen LogP contribution in [0.4, 0.5) is 5.69 Å². The molecular formula is C19H18N4O3. The molecule has 0 spiro atoms. The van der Waals surface area contributed by atoms with Crippen molar-refractivity contribution in [1.29, 1.82) is 0 Å². The van der Waals surface area contributed by atoms with Crippen molar-refractivity contribution in [2.75, 3.05) is 11.9 Å². The van der Waals surface area contributed by atoms with Crippen LogP contribution in [-0.4, -0.2) is 28.2 Å². The maximum atomic E-state index is 12.4. The van der Waals surface area contributed by atoms with Gasteiger partial charge < -0.3 is 15.8 Å². The normalized spacial score (nSPS) is 10.3. The van der Waals surface area contributed by atoms with E-state index in [9.17, 15) is 9.59 Å². The number of carbonyl (C=O) groups is 2. The van der Waals surface area contributed by atoms with E-state index in [1.165, 1.54) is 0 Å². The van der Waals surface area contributed by atoms with Crippen LogP contribution in [0.1, 0.15) is 10.4 Å². The van der Waals surface area contributed by atoms with Gasteiger partial charge in [0.2, 0.25) is 0 Å². The van der Waals surface area contributed by atoms with Gasteiger partial charge in [-0.3, -0.25) is 14.3 Å². The molecule has 0 saturated heterocycles. The zero-order valence-corrected chi connectivity index (χ0v) is 14.2. The topological polar surface area (TPSA) is 99.2 Å². The molecule has 0 saturated carbocycles. The molecule has 2 amide bonds. The summed E-state index contributed by atoms with van der Waals surface area (Å²) in [6.07, 6.45) is 3.70. The first kappa shape index (κ1) is 17.2. The first-order chi connectivity index (χ1) is 12.5. The highest BCUT2D eigenvalue weighted by molar-refractivity contribution is 6.04. The largest absolute Gasteiger partial charge is 0.484 e. The molecule has 0 fully saturated rings. The van der Waals surface area contributed by atoms with E-state index in [-0.39, 0.29) is 12.5 Å². The summed E-state index contributed by atoms with van der Waals surface area (Å²) in [4.78, 5) is 23.2. The Balaban J connectivity index is 1.68. The molecule has 3 rings (SSSR count). The average molecular weight is 350 g/mol. The van der Waals surface area contributed by atoms with Gasteiger partial charge in [-0.25, -0.2) is 0 Å². The number of aromatic nitrogens is 2. The number of nitrogens with one attached hydrogen (secondary N) is 1. The fourth-order valence-electron chi connectivity index (χ4n) is 2.40. The fraction of sp³-hybridized carbons (Fsp3) is 0.105. The lowest BCUT2D eigenvalue weighted by molar-refractivity contribution is -0.119. The van der Waals surface area contributed by atoms with E-state index in [1.54, 1.807) is 35.1 Å². The van der Waals surface area contributed by atoms with Crippen molar-refractivity contribution < 1.29 is 14.3 Å². The van der Waals surface area contributed by atoms with Crippen LogP contribution in [0.25, 0.3) is 11.1 Å². The number of benzene rings is 2. The molecular weight excluding hydrogens is 332 g/mol. The zero-order valence-electron chi connectivity index (χ0n) is 14.2. The van der Waals surface area contributed by atoms with Crippen LogP contribution in [-0.2, 0) is 11.8 Å². The number of aryl methyl sites for hydroxylation is 1. The summed E-state index contributed by atoms with van der Waals surface area (Å²) in [5.74, 6) is -0.444. The van der Waals surface area contributed by atoms with Crippen LogP contribution in [0.3, 0.4) is 0 Å². The molecule has 0 bridgehead atoms. The maximum Gasteiger partial charge on any atom is 0.255 e. The van der Waals surface area contributed by atoms with Crippen molar-refractivity contribution in [3.63, 3.8) is 0 Å². The van der Waals surface area contributed by atoms with Gasteiger partial charge in [-0.15, -0.1) is 0 Å². The summed E-state index contributed by atoms with van der Waals surface area (Å²) >= 11 is 0. The van der Waals surface area contributed by atoms with E-state index in [0.29, 0.717) is 17.0 Å². The van der Waals surface area contributed by atoms with Crippen molar-refractivity contribution in [3.8, 4) is 16.9 Å². The Morgan fingerprint density at radius 1 is 1.15 bits per heavy atom. The molecule has 0 aliphatic carbocycles. The number of hydrogen-bond donors (Lipinski definition) is 2. The SMILES string of the molecule is Cn1cc(-c2ccc(NC(=O)c3cccc(OCC(N)=O)c3)cc2)cn1. The van der Waals surface area contributed by atoms with E-state index in [1.807, 2.05) is 37.5 Å². The summed E-state index contributed by atoms with van der Waals surface area (Å²) in [5, 5.41) is 6.97. The Labute approximate surface area is 150 Å². The monoisotopic (exact) mass is 350 g/mol. The Kier molecular flexibility index (Phi) is 4.98. The molecule has 7 nitrogen and oxygen atoms in total. The van der Waals surface area contributed by atoms with Gasteiger partial charge in [-0.2, -0.15) is 5.10 Å². The molecule has 0 aliphatic heterocycles. The number of anilines is 1. The van der Waals surface area contributed by atoms with Crippen molar-refractivity contribution in [3.05, 3.63) is 66.5 Å². The maximum absolute atomic E-state index is 12.4. The fourth-order valence-corrected chi connectivity index (χ4v) is 2.40. The number of rotatable bonds is 6. The summed E-state index contributed by atoms with van der Waals surface area (Å²) in [7, 11) is 1.86. The first-order valence-corrected chi connectivity index (χ1v) is 7.93. The van der Waals surface area contributed by atoms with Crippen LogP contribution >= 0.6 is 0 Å². The highest BCUT2D eigenvalue weighted by Gasteiger charge is 2.08. The third-order valence-corrected chi connectivity index (χ3v) is 3.66. The minimum absolute atomic E-state index is 0.235. The smallest absolute Gasteiger partial charge is 0.255 e. The number of nitrogens with two attached hydrogens (primary N) is 1. The minimum atomic E-state index is -0.575. The Morgan fingerprint density at radius 3 is 2.58 bits per heavy atom. The summed E-state index contributed by atoms with van der Waals surface area (Å²) in [6, 6.07) is 14.0. The van der Waals surface area contributed by atoms with Crippen LogP contribution in [0.15, 0.2) is 60.9 Å². The van der Waals surface area contributed by atoms with E-state index < -0.39 is 5.91 Å². The van der Waals surface area contributed by atoms with Crippen molar-refractivity contribution in [2.45, 2.75) is 0 Å². The second kappa shape index (κ2) is 7.52. The van der Waals surface area contributed by atoms with Gasteiger partial charge in [-0.1, -0.05) is 18.2 Å². The van der Waals surface area contributed by atoms with Crippen molar-refractivity contribution >= 4 is 17.5 Å². The lowest BCUT2D eigenvalue weighted by atomic mass is 10.1.